The Morgan fingerprint density at radius 2 is 2.17 bits per heavy atom. The molecular weight excluding hydrogens is 331 g/mol. The van der Waals surface area contributed by atoms with Crippen molar-refractivity contribution in [3.8, 4) is 6.07 Å². The van der Waals surface area contributed by atoms with Gasteiger partial charge in [-0.25, -0.2) is 4.39 Å². The van der Waals surface area contributed by atoms with E-state index in [2.05, 4.69) is 11.1 Å². The predicted octanol–water partition coefficient (Wildman–Crippen LogP) is 4.05. The van der Waals surface area contributed by atoms with E-state index in [1.165, 1.54) is 18.2 Å². The molecule has 4 unspecified atom stereocenters. The molecule has 1 aliphatic carbocycles. The Morgan fingerprint density at radius 1 is 1.50 bits per heavy atom. The van der Waals surface area contributed by atoms with Crippen molar-refractivity contribution in [3.05, 3.63) is 34.6 Å². The second-order valence-electron chi connectivity index (χ2n) is 6.89. The van der Waals surface area contributed by atoms with Gasteiger partial charge in [0.1, 0.15) is 5.82 Å². The van der Waals surface area contributed by atoms with Gasteiger partial charge in [-0.3, -0.25) is 9.79 Å². The van der Waals surface area contributed by atoms with Crippen LogP contribution >= 0.6 is 11.6 Å². The molecule has 1 heterocycles. The maximum atomic E-state index is 13.4. The molecule has 126 valence electrons. The second-order valence-corrected chi connectivity index (χ2v) is 7.30. The lowest BCUT2D eigenvalue weighted by atomic mass is 9.60. The summed E-state index contributed by atoms with van der Waals surface area (Å²) in [6.07, 6.45) is 1.87. The van der Waals surface area contributed by atoms with Crippen LogP contribution in [0.2, 0.25) is 5.02 Å². The highest BCUT2D eigenvalue weighted by molar-refractivity contribution is 6.31. The van der Waals surface area contributed by atoms with Crippen LogP contribution in [0.25, 0.3) is 0 Å². The fourth-order valence-electron chi connectivity index (χ4n) is 3.90. The molecular formula is C18H18ClFN2O2. The van der Waals surface area contributed by atoms with E-state index in [4.69, 9.17) is 11.6 Å². The van der Waals surface area contributed by atoms with Crippen molar-refractivity contribution in [1.82, 2.24) is 0 Å². The summed E-state index contributed by atoms with van der Waals surface area (Å²) in [7, 11) is 0. The van der Waals surface area contributed by atoms with Gasteiger partial charge in [0.15, 0.2) is 0 Å². The van der Waals surface area contributed by atoms with Gasteiger partial charge in [-0.2, -0.15) is 5.26 Å². The normalized spacial score (nSPS) is 32.8. The van der Waals surface area contributed by atoms with E-state index in [0.29, 0.717) is 11.3 Å². The zero-order valence-corrected chi connectivity index (χ0v) is 14.2. The van der Waals surface area contributed by atoms with Crippen LogP contribution in [-0.4, -0.2) is 22.8 Å². The largest absolute Gasteiger partial charge is 0.481 e. The molecule has 4 nitrogen and oxygen atoms in total. The molecule has 2 aliphatic rings. The van der Waals surface area contributed by atoms with Gasteiger partial charge in [-0.15, -0.1) is 0 Å². The number of carboxylic acid groups (broad SMARTS) is 1. The molecule has 1 saturated carbocycles. The van der Waals surface area contributed by atoms with Crippen LogP contribution < -0.4 is 0 Å². The van der Waals surface area contributed by atoms with Gasteiger partial charge in [0, 0.05) is 16.7 Å². The van der Waals surface area contributed by atoms with Gasteiger partial charge >= 0.3 is 5.97 Å². The van der Waals surface area contributed by atoms with E-state index in [9.17, 15) is 19.6 Å². The Morgan fingerprint density at radius 3 is 2.67 bits per heavy atom. The topological polar surface area (TPSA) is 73.4 Å². The van der Waals surface area contributed by atoms with Crippen LogP contribution in [-0.2, 0) is 4.79 Å². The quantitative estimate of drug-likeness (QED) is 0.895. The summed E-state index contributed by atoms with van der Waals surface area (Å²) in [5, 5.41) is 19.8. The molecule has 1 aromatic carbocycles. The van der Waals surface area contributed by atoms with Gasteiger partial charge in [0.05, 0.1) is 23.4 Å². The lowest BCUT2D eigenvalue weighted by Gasteiger charge is -2.45. The third-order valence-corrected chi connectivity index (χ3v) is 5.68. The standard InChI is InChI=1S/C18H18ClFN2O2/c1-9-13(8-21)15(12-6-5-11(20)7-14(12)19)18(2,17(23)24)16(22-9)10-3-4-10/h5-7,10,13,15-16H,3-4H2,1-2H3,(H,23,24). The zero-order valence-electron chi connectivity index (χ0n) is 13.5. The molecule has 4 atom stereocenters. The Labute approximate surface area is 145 Å². The molecule has 0 saturated heterocycles. The minimum absolute atomic E-state index is 0.150. The summed E-state index contributed by atoms with van der Waals surface area (Å²) >= 11 is 6.23. The fraction of sp³-hybridized carbons (Fsp3) is 0.500. The average molecular weight is 349 g/mol. The molecule has 0 bridgehead atoms. The smallest absolute Gasteiger partial charge is 0.312 e. The Bertz CT molecular complexity index is 769. The monoisotopic (exact) mass is 348 g/mol. The van der Waals surface area contributed by atoms with E-state index >= 15 is 0 Å². The molecule has 1 aromatic rings. The summed E-state index contributed by atoms with van der Waals surface area (Å²) < 4.78 is 13.4. The number of nitrogens with zero attached hydrogens (tertiary/aromatic N) is 2. The molecule has 0 aromatic heterocycles. The summed E-state index contributed by atoms with van der Waals surface area (Å²) in [4.78, 5) is 16.8. The number of hydrogen-bond acceptors (Lipinski definition) is 3. The van der Waals surface area contributed by atoms with Crippen LogP contribution in [0.15, 0.2) is 23.2 Å². The number of carbonyl (C=O) groups is 1. The Kier molecular flexibility index (Phi) is 4.13. The highest BCUT2D eigenvalue weighted by Gasteiger charge is 2.59. The van der Waals surface area contributed by atoms with Gasteiger partial charge in [0.2, 0.25) is 0 Å². The molecule has 0 amide bonds. The van der Waals surface area contributed by atoms with Crippen LogP contribution in [0.1, 0.15) is 38.2 Å². The number of rotatable bonds is 3. The lowest BCUT2D eigenvalue weighted by Crippen LogP contribution is -2.52. The first-order chi connectivity index (χ1) is 11.3. The van der Waals surface area contributed by atoms with Crippen molar-refractivity contribution in [2.24, 2.45) is 22.2 Å². The Hall–Kier alpha value is -1.93. The summed E-state index contributed by atoms with van der Waals surface area (Å²) in [5.74, 6) is -2.65. The second kappa shape index (κ2) is 5.86. The average Bonchev–Trinajstić information content (AvgIpc) is 3.34. The number of halogens is 2. The van der Waals surface area contributed by atoms with Gasteiger partial charge in [0.25, 0.3) is 0 Å². The van der Waals surface area contributed by atoms with Crippen LogP contribution in [0, 0.1) is 34.4 Å². The Balaban J connectivity index is 2.23. The van der Waals surface area contributed by atoms with Crippen molar-refractivity contribution < 1.29 is 14.3 Å². The van der Waals surface area contributed by atoms with Gasteiger partial charge in [-0.05, 0) is 50.3 Å². The lowest BCUT2D eigenvalue weighted by molar-refractivity contribution is -0.152. The fourth-order valence-corrected chi connectivity index (χ4v) is 4.18. The van der Waals surface area contributed by atoms with E-state index in [0.717, 1.165) is 12.8 Å². The first-order valence-corrected chi connectivity index (χ1v) is 8.30. The first-order valence-electron chi connectivity index (χ1n) is 7.93. The van der Waals surface area contributed by atoms with Crippen molar-refractivity contribution in [2.45, 2.75) is 38.6 Å². The molecule has 1 aliphatic heterocycles. The van der Waals surface area contributed by atoms with E-state index < -0.39 is 35.1 Å². The van der Waals surface area contributed by atoms with Gasteiger partial charge < -0.3 is 5.11 Å². The predicted molar refractivity (Wildman–Crippen MR) is 88.6 cm³/mol. The van der Waals surface area contributed by atoms with E-state index in [-0.39, 0.29) is 10.9 Å². The molecule has 3 rings (SSSR count). The SMILES string of the molecule is CC1=NC(C2CC2)C(C)(C(=O)O)C(c2ccc(F)cc2Cl)C1C#N. The minimum atomic E-state index is -1.26. The first kappa shape index (κ1) is 16.9. The van der Waals surface area contributed by atoms with Crippen LogP contribution in [0.3, 0.4) is 0 Å². The molecule has 1 fully saturated rings. The van der Waals surface area contributed by atoms with Gasteiger partial charge in [-0.1, -0.05) is 17.7 Å². The molecule has 1 N–H and O–H groups in total. The van der Waals surface area contributed by atoms with Crippen molar-refractivity contribution >= 4 is 23.3 Å². The van der Waals surface area contributed by atoms with Crippen LogP contribution in [0.5, 0.6) is 0 Å². The maximum Gasteiger partial charge on any atom is 0.312 e. The van der Waals surface area contributed by atoms with Crippen molar-refractivity contribution in [3.63, 3.8) is 0 Å². The van der Waals surface area contributed by atoms with E-state index in [1.54, 1.807) is 13.8 Å². The third-order valence-electron chi connectivity index (χ3n) is 5.35. The number of hydrogen-bond donors (Lipinski definition) is 1. The zero-order chi connectivity index (χ0) is 17.6. The molecule has 0 spiro atoms. The highest BCUT2D eigenvalue weighted by atomic mass is 35.5. The maximum absolute atomic E-state index is 13.4. The number of nitriles is 1. The van der Waals surface area contributed by atoms with Crippen LogP contribution in [0.4, 0.5) is 4.39 Å². The number of aliphatic imine (C=N–C) groups is 1. The minimum Gasteiger partial charge on any atom is -0.481 e. The van der Waals surface area contributed by atoms with Crippen molar-refractivity contribution in [2.75, 3.05) is 0 Å². The third kappa shape index (κ3) is 2.50. The summed E-state index contributed by atoms with van der Waals surface area (Å²) in [6.45, 7) is 3.40. The summed E-state index contributed by atoms with van der Waals surface area (Å²) in [6, 6.07) is 5.71. The molecule has 24 heavy (non-hydrogen) atoms. The number of benzene rings is 1. The number of carboxylic acids is 1. The number of aliphatic carboxylic acids is 1. The molecule has 0 radical (unpaired) electrons. The van der Waals surface area contributed by atoms with Crippen molar-refractivity contribution in [1.29, 1.82) is 5.26 Å². The van der Waals surface area contributed by atoms with E-state index in [1.807, 2.05) is 0 Å². The highest BCUT2D eigenvalue weighted by Crippen LogP contribution is 2.55. The summed E-state index contributed by atoms with van der Waals surface area (Å²) in [5.41, 5.74) is -0.143. The molecule has 6 heteroatoms.